The third kappa shape index (κ3) is 5.81. The highest BCUT2D eigenvalue weighted by atomic mass is 16.5. The Bertz CT molecular complexity index is 1530. The summed E-state index contributed by atoms with van der Waals surface area (Å²) in [5, 5.41) is 15.2. The first-order valence-electron chi connectivity index (χ1n) is 13.0. The molecule has 202 valence electrons. The van der Waals surface area contributed by atoms with Crippen LogP contribution in [0.15, 0.2) is 97.1 Å². The number of ether oxygens (including phenoxy) is 1. The zero-order chi connectivity index (χ0) is 28.2. The lowest BCUT2D eigenvalue weighted by Crippen LogP contribution is -2.44. The van der Waals surface area contributed by atoms with Crippen molar-refractivity contribution in [3.63, 3.8) is 0 Å². The number of carboxylic acids is 1. The smallest absolute Gasteiger partial charge is 0.326 e. The molecule has 1 aliphatic heterocycles. The number of nitrogens with zero attached hydrogens (tertiary/aromatic N) is 1. The molecule has 0 aliphatic carbocycles. The lowest BCUT2D eigenvalue weighted by molar-refractivity contribution is -0.144. The zero-order valence-electron chi connectivity index (χ0n) is 22.1. The van der Waals surface area contributed by atoms with E-state index in [4.69, 9.17) is 4.74 Å². The molecule has 0 saturated heterocycles. The van der Waals surface area contributed by atoms with Crippen LogP contribution in [-0.2, 0) is 11.3 Å². The van der Waals surface area contributed by atoms with Crippen molar-refractivity contribution in [3.05, 3.63) is 108 Å². The van der Waals surface area contributed by atoms with Gasteiger partial charge in [0.25, 0.3) is 5.91 Å². The molecule has 3 amide bonds. The summed E-state index contributed by atoms with van der Waals surface area (Å²) in [7, 11) is 0. The molecule has 0 aromatic heterocycles. The number of urea groups is 1. The van der Waals surface area contributed by atoms with E-state index in [9.17, 15) is 19.5 Å². The number of fused-ring (bicyclic) bond motifs is 1. The molecule has 40 heavy (non-hydrogen) atoms. The molecule has 0 saturated carbocycles. The van der Waals surface area contributed by atoms with Crippen molar-refractivity contribution in [2.45, 2.75) is 26.4 Å². The second-order valence-electron chi connectivity index (χ2n) is 9.93. The number of para-hydroxylation sites is 1. The maximum absolute atomic E-state index is 13.1. The number of carbonyl (C=O) groups is 3. The fourth-order valence-electron chi connectivity index (χ4n) is 4.78. The van der Waals surface area contributed by atoms with Gasteiger partial charge in [-0.1, -0.05) is 56.3 Å². The van der Waals surface area contributed by atoms with Gasteiger partial charge >= 0.3 is 12.0 Å². The highest BCUT2D eigenvalue weighted by molar-refractivity contribution is 6.02. The highest BCUT2D eigenvalue weighted by Gasteiger charge is 2.38. The van der Waals surface area contributed by atoms with Gasteiger partial charge in [-0.15, -0.1) is 0 Å². The van der Waals surface area contributed by atoms with Crippen LogP contribution >= 0.6 is 0 Å². The van der Waals surface area contributed by atoms with Crippen LogP contribution in [0.5, 0.6) is 11.5 Å². The van der Waals surface area contributed by atoms with E-state index in [2.05, 4.69) is 10.6 Å². The van der Waals surface area contributed by atoms with Gasteiger partial charge in [-0.3, -0.25) is 4.79 Å². The molecule has 4 aromatic rings. The lowest BCUT2D eigenvalue weighted by atomic mass is 10.00. The molecule has 0 unspecified atom stereocenters. The van der Waals surface area contributed by atoms with Crippen LogP contribution in [-0.4, -0.2) is 34.0 Å². The predicted octanol–water partition coefficient (Wildman–Crippen LogP) is 6.85. The monoisotopic (exact) mass is 535 g/mol. The summed E-state index contributed by atoms with van der Waals surface area (Å²) in [5.74, 6) is -0.0863. The van der Waals surface area contributed by atoms with Crippen LogP contribution in [0.2, 0.25) is 0 Å². The number of hydrogen-bond donors (Lipinski definition) is 3. The van der Waals surface area contributed by atoms with E-state index in [1.807, 2.05) is 54.6 Å². The summed E-state index contributed by atoms with van der Waals surface area (Å²) >= 11 is 0. The number of benzene rings is 4. The summed E-state index contributed by atoms with van der Waals surface area (Å²) in [6, 6.07) is 28.2. The minimum absolute atomic E-state index is 0.208. The van der Waals surface area contributed by atoms with Gasteiger partial charge in [0.15, 0.2) is 0 Å². The standard InChI is InChI=1S/C32H29N3O5/c1-20(2)29(31(37)38)35-19-23-9-8-22(18-28(23)30(35)36)21-10-12-24(13-11-21)33-32(39)34-25-14-16-27(17-15-25)40-26-6-4-3-5-7-26/h3-18,20,29H,19H2,1-2H3,(H,37,38)(H2,33,34,39)/t29-/m0/s1. The van der Waals surface area contributed by atoms with Gasteiger partial charge in [-0.25, -0.2) is 9.59 Å². The number of rotatable bonds is 8. The van der Waals surface area contributed by atoms with Crippen molar-refractivity contribution in [2.24, 2.45) is 5.92 Å². The molecule has 1 aliphatic rings. The van der Waals surface area contributed by atoms with Crippen LogP contribution in [0, 0.1) is 5.92 Å². The molecule has 8 heteroatoms. The first kappa shape index (κ1) is 26.5. The Morgan fingerprint density at radius 1 is 0.800 bits per heavy atom. The fourth-order valence-corrected chi connectivity index (χ4v) is 4.78. The lowest BCUT2D eigenvalue weighted by Gasteiger charge is -2.27. The van der Waals surface area contributed by atoms with E-state index >= 15 is 0 Å². The molecule has 0 bridgehead atoms. The van der Waals surface area contributed by atoms with E-state index in [1.165, 1.54) is 4.90 Å². The van der Waals surface area contributed by atoms with Crippen molar-refractivity contribution in [2.75, 3.05) is 10.6 Å². The highest BCUT2D eigenvalue weighted by Crippen LogP contribution is 2.32. The number of anilines is 2. The van der Waals surface area contributed by atoms with Gasteiger partial charge in [0.05, 0.1) is 0 Å². The van der Waals surface area contributed by atoms with Crippen molar-refractivity contribution in [1.82, 2.24) is 4.90 Å². The quantitative estimate of drug-likeness (QED) is 0.229. The van der Waals surface area contributed by atoms with Gasteiger partial charge in [0.1, 0.15) is 17.5 Å². The molecule has 1 heterocycles. The first-order valence-corrected chi connectivity index (χ1v) is 13.0. The number of carbonyl (C=O) groups excluding carboxylic acids is 2. The molecule has 5 rings (SSSR count). The Morgan fingerprint density at radius 3 is 1.98 bits per heavy atom. The van der Waals surface area contributed by atoms with Crippen molar-refractivity contribution >= 4 is 29.3 Å². The van der Waals surface area contributed by atoms with Gasteiger partial charge in [-0.05, 0) is 77.2 Å². The molecule has 3 N–H and O–H groups in total. The molecule has 0 spiro atoms. The number of nitrogens with one attached hydrogen (secondary N) is 2. The minimum Gasteiger partial charge on any atom is -0.480 e. The van der Waals surface area contributed by atoms with Crippen LogP contribution in [0.3, 0.4) is 0 Å². The van der Waals surface area contributed by atoms with E-state index in [0.29, 0.717) is 22.7 Å². The molecular formula is C32H29N3O5. The van der Waals surface area contributed by atoms with Gasteiger partial charge in [0, 0.05) is 23.5 Å². The third-order valence-electron chi connectivity index (χ3n) is 6.73. The third-order valence-corrected chi connectivity index (χ3v) is 6.73. The van der Waals surface area contributed by atoms with Crippen molar-refractivity contribution in [1.29, 1.82) is 0 Å². The van der Waals surface area contributed by atoms with Gasteiger partial charge < -0.3 is 25.4 Å². The Morgan fingerprint density at radius 2 is 1.38 bits per heavy atom. The number of carboxylic acid groups (broad SMARTS) is 1. The van der Waals surface area contributed by atoms with Crippen molar-refractivity contribution < 1.29 is 24.2 Å². The fraction of sp³-hybridized carbons (Fsp3) is 0.156. The van der Waals surface area contributed by atoms with Crippen molar-refractivity contribution in [3.8, 4) is 22.6 Å². The Labute approximate surface area is 232 Å². The Balaban J connectivity index is 1.20. The molecule has 4 aromatic carbocycles. The minimum atomic E-state index is -1.00. The number of hydrogen-bond acceptors (Lipinski definition) is 4. The SMILES string of the molecule is CC(C)[C@@H](C(=O)O)N1Cc2ccc(-c3ccc(NC(=O)Nc4ccc(Oc5ccccc5)cc4)cc3)cc2C1=O. The average molecular weight is 536 g/mol. The van der Waals surface area contributed by atoms with Crippen LogP contribution in [0.25, 0.3) is 11.1 Å². The Kier molecular flexibility index (Phi) is 7.50. The van der Waals surface area contributed by atoms with E-state index in [1.54, 1.807) is 56.3 Å². The number of aliphatic carboxylic acids is 1. The first-order chi connectivity index (χ1) is 19.3. The summed E-state index contributed by atoms with van der Waals surface area (Å²) in [6.45, 7) is 3.88. The Hall–Kier alpha value is -5.11. The summed E-state index contributed by atoms with van der Waals surface area (Å²) in [5.41, 5.74) is 4.26. The summed E-state index contributed by atoms with van der Waals surface area (Å²) in [6.07, 6.45) is 0. The topological polar surface area (TPSA) is 108 Å². The molecular weight excluding hydrogens is 506 g/mol. The normalized spacial score (nSPS) is 13.1. The largest absolute Gasteiger partial charge is 0.480 e. The van der Waals surface area contributed by atoms with E-state index in [-0.39, 0.29) is 24.4 Å². The maximum atomic E-state index is 13.1. The summed E-state index contributed by atoms with van der Waals surface area (Å²) in [4.78, 5) is 38.8. The van der Waals surface area contributed by atoms with Gasteiger partial charge in [-0.2, -0.15) is 0 Å². The number of amides is 3. The second kappa shape index (κ2) is 11.3. The zero-order valence-corrected chi connectivity index (χ0v) is 22.1. The maximum Gasteiger partial charge on any atom is 0.326 e. The summed E-state index contributed by atoms with van der Waals surface area (Å²) < 4.78 is 5.77. The predicted molar refractivity (Wildman–Crippen MR) is 154 cm³/mol. The van der Waals surface area contributed by atoms with Crippen LogP contribution in [0.1, 0.15) is 29.8 Å². The van der Waals surface area contributed by atoms with E-state index < -0.39 is 12.0 Å². The van der Waals surface area contributed by atoms with Crippen LogP contribution in [0.4, 0.5) is 16.2 Å². The average Bonchev–Trinajstić information content (AvgIpc) is 3.25. The molecule has 0 fully saturated rings. The van der Waals surface area contributed by atoms with Crippen LogP contribution < -0.4 is 15.4 Å². The molecule has 1 atom stereocenters. The molecule has 0 radical (unpaired) electrons. The second-order valence-corrected chi connectivity index (χ2v) is 9.93. The molecule has 8 nitrogen and oxygen atoms in total. The van der Waals surface area contributed by atoms with E-state index in [0.717, 1.165) is 22.4 Å². The van der Waals surface area contributed by atoms with Gasteiger partial charge in [0.2, 0.25) is 0 Å².